The molecule has 0 aliphatic carbocycles. The van der Waals surface area contributed by atoms with Crippen molar-refractivity contribution < 1.29 is 9.59 Å². The smallest absolute Gasteiger partial charge is 0.259 e. The monoisotopic (exact) mass is 446 g/mol. The summed E-state index contributed by atoms with van der Waals surface area (Å²) in [7, 11) is 0. The molecule has 3 aliphatic heterocycles. The van der Waals surface area contributed by atoms with Crippen LogP contribution in [0, 0.1) is 5.92 Å². The van der Waals surface area contributed by atoms with E-state index in [1.807, 2.05) is 68.1 Å². The van der Waals surface area contributed by atoms with E-state index in [1.54, 1.807) is 4.90 Å². The number of amides is 2. The van der Waals surface area contributed by atoms with Crippen LogP contribution in [0.1, 0.15) is 38.3 Å². The minimum Gasteiger partial charge on any atom is -0.311 e. The minimum absolute atomic E-state index is 0.0644. The SMILES string of the molecule is CC[C@@H](SC1=Nc2ccccc2C2=N[C@@H](C(C)C)C(=O)N12)C(=O)N1CCc2ccccc21. The number of carbonyl (C=O) groups is 2. The van der Waals surface area contributed by atoms with E-state index in [4.69, 9.17) is 9.98 Å². The summed E-state index contributed by atoms with van der Waals surface area (Å²) in [6.07, 6.45) is 1.51. The molecule has 5 rings (SSSR count). The maximum Gasteiger partial charge on any atom is 0.259 e. The van der Waals surface area contributed by atoms with Gasteiger partial charge in [-0.3, -0.25) is 14.6 Å². The van der Waals surface area contributed by atoms with Crippen LogP contribution in [0.5, 0.6) is 0 Å². The normalized spacial score (nSPS) is 20.0. The van der Waals surface area contributed by atoms with Gasteiger partial charge >= 0.3 is 0 Å². The number of carbonyl (C=O) groups excluding carboxylic acids is 2. The summed E-state index contributed by atoms with van der Waals surface area (Å²) in [5, 5.41) is 0.209. The van der Waals surface area contributed by atoms with Gasteiger partial charge in [0, 0.05) is 17.8 Å². The van der Waals surface area contributed by atoms with E-state index in [1.165, 1.54) is 17.3 Å². The van der Waals surface area contributed by atoms with Crippen molar-refractivity contribution in [2.75, 3.05) is 11.4 Å². The van der Waals surface area contributed by atoms with Gasteiger partial charge < -0.3 is 4.90 Å². The fourth-order valence-corrected chi connectivity index (χ4v) is 5.54. The van der Waals surface area contributed by atoms with Crippen LogP contribution in [0.15, 0.2) is 58.5 Å². The van der Waals surface area contributed by atoms with Crippen LogP contribution in [0.3, 0.4) is 0 Å². The summed E-state index contributed by atoms with van der Waals surface area (Å²) in [6.45, 7) is 6.70. The molecule has 2 aromatic rings. The number of benzene rings is 2. The molecule has 2 aromatic carbocycles. The molecule has 2 atom stereocenters. The number of para-hydroxylation sites is 2. The van der Waals surface area contributed by atoms with Crippen molar-refractivity contribution in [1.29, 1.82) is 0 Å². The van der Waals surface area contributed by atoms with Gasteiger partial charge in [-0.1, -0.05) is 62.9 Å². The Morgan fingerprint density at radius 1 is 1.16 bits per heavy atom. The van der Waals surface area contributed by atoms with E-state index in [9.17, 15) is 9.59 Å². The van der Waals surface area contributed by atoms with E-state index in [0.29, 0.717) is 24.0 Å². The first-order valence-corrected chi connectivity index (χ1v) is 12.0. The van der Waals surface area contributed by atoms with Gasteiger partial charge in [0.1, 0.15) is 11.9 Å². The van der Waals surface area contributed by atoms with Gasteiger partial charge in [0.25, 0.3) is 5.91 Å². The topological polar surface area (TPSA) is 65.3 Å². The molecular weight excluding hydrogens is 420 g/mol. The molecule has 7 heteroatoms. The van der Waals surface area contributed by atoms with Gasteiger partial charge in [-0.15, -0.1) is 0 Å². The molecule has 0 fully saturated rings. The van der Waals surface area contributed by atoms with E-state index < -0.39 is 6.04 Å². The van der Waals surface area contributed by atoms with E-state index in [-0.39, 0.29) is 23.0 Å². The first kappa shape index (κ1) is 20.9. The van der Waals surface area contributed by atoms with E-state index >= 15 is 0 Å². The standard InChI is InChI=1S/C25H26N4O2S/c1-4-20(23(30)28-14-13-16-9-5-8-12-19(16)28)32-25-26-18-11-7-6-10-17(18)22-27-21(15(2)3)24(31)29(22)25/h5-12,15,20-21H,4,13-14H2,1-3H3/t20-,21+/m1/s1. The first-order valence-electron chi connectivity index (χ1n) is 11.2. The van der Waals surface area contributed by atoms with Crippen LogP contribution in [-0.4, -0.2) is 45.6 Å². The zero-order chi connectivity index (χ0) is 22.4. The number of amidine groups is 2. The lowest BCUT2D eigenvalue weighted by Crippen LogP contribution is -2.44. The third-order valence-electron chi connectivity index (χ3n) is 6.18. The second-order valence-corrected chi connectivity index (χ2v) is 9.78. The highest BCUT2D eigenvalue weighted by molar-refractivity contribution is 8.15. The molecule has 0 aromatic heterocycles. The number of thioether (sulfide) groups is 1. The molecule has 0 N–H and O–H groups in total. The molecule has 164 valence electrons. The lowest BCUT2D eigenvalue weighted by Gasteiger charge is -2.29. The Morgan fingerprint density at radius 3 is 2.69 bits per heavy atom. The summed E-state index contributed by atoms with van der Waals surface area (Å²) in [6, 6.07) is 15.4. The third-order valence-corrected chi connectivity index (χ3v) is 7.48. The van der Waals surface area contributed by atoms with Gasteiger partial charge in [-0.2, -0.15) is 0 Å². The van der Waals surface area contributed by atoms with Gasteiger partial charge in [0.15, 0.2) is 5.17 Å². The molecule has 0 bridgehead atoms. The number of aliphatic imine (C=N–C) groups is 2. The maximum atomic E-state index is 13.5. The Balaban J connectivity index is 1.47. The number of nitrogens with zero attached hydrogens (tertiary/aromatic N) is 4. The zero-order valence-corrected chi connectivity index (χ0v) is 19.3. The summed E-state index contributed by atoms with van der Waals surface area (Å²) >= 11 is 1.38. The predicted molar refractivity (Wildman–Crippen MR) is 130 cm³/mol. The average Bonchev–Trinajstić information content (AvgIpc) is 3.39. The van der Waals surface area contributed by atoms with Crippen LogP contribution >= 0.6 is 11.8 Å². The highest BCUT2D eigenvalue weighted by atomic mass is 32.2. The van der Waals surface area contributed by atoms with E-state index in [2.05, 4.69) is 6.07 Å². The number of anilines is 1. The van der Waals surface area contributed by atoms with Crippen LogP contribution in [0.25, 0.3) is 0 Å². The van der Waals surface area contributed by atoms with Crippen molar-refractivity contribution in [2.45, 2.75) is 44.9 Å². The number of fused-ring (bicyclic) bond motifs is 4. The van der Waals surface area contributed by atoms with Crippen LogP contribution < -0.4 is 4.90 Å². The number of hydrogen-bond donors (Lipinski definition) is 0. The summed E-state index contributed by atoms with van der Waals surface area (Å²) in [4.78, 5) is 39.9. The first-order chi connectivity index (χ1) is 15.5. The quantitative estimate of drug-likeness (QED) is 0.699. The summed E-state index contributed by atoms with van der Waals surface area (Å²) in [5.74, 6) is 0.735. The second-order valence-electron chi connectivity index (χ2n) is 8.61. The number of hydrogen-bond acceptors (Lipinski definition) is 5. The van der Waals surface area contributed by atoms with Crippen molar-refractivity contribution in [3.05, 3.63) is 59.7 Å². The van der Waals surface area contributed by atoms with Gasteiger partial charge in [-0.25, -0.2) is 9.89 Å². The molecule has 32 heavy (non-hydrogen) atoms. The molecule has 3 aliphatic rings. The molecule has 0 unspecified atom stereocenters. The third kappa shape index (κ3) is 3.35. The van der Waals surface area contributed by atoms with Gasteiger partial charge in [-0.05, 0) is 42.5 Å². The maximum absolute atomic E-state index is 13.5. The fourth-order valence-electron chi connectivity index (χ4n) is 4.46. The molecule has 0 saturated heterocycles. The minimum atomic E-state index is -0.428. The molecule has 0 spiro atoms. The molecular formula is C25H26N4O2S. The molecule has 3 heterocycles. The van der Waals surface area contributed by atoms with Gasteiger partial charge in [0.05, 0.1) is 10.9 Å². The van der Waals surface area contributed by atoms with Crippen molar-refractivity contribution in [3.8, 4) is 0 Å². The summed E-state index contributed by atoms with van der Waals surface area (Å²) in [5.41, 5.74) is 3.85. The van der Waals surface area contributed by atoms with Crippen LogP contribution in [-0.2, 0) is 16.0 Å². The Kier molecular flexibility index (Phi) is 5.37. The number of rotatable bonds is 4. The van der Waals surface area contributed by atoms with Crippen molar-refractivity contribution >= 4 is 46.0 Å². The van der Waals surface area contributed by atoms with Gasteiger partial charge in [0.2, 0.25) is 5.91 Å². The molecule has 6 nitrogen and oxygen atoms in total. The molecule has 0 saturated carbocycles. The lowest BCUT2D eigenvalue weighted by atomic mass is 10.1. The predicted octanol–water partition coefficient (Wildman–Crippen LogP) is 4.40. The molecule has 2 amide bonds. The fraction of sp³-hybridized carbons (Fsp3) is 0.360. The van der Waals surface area contributed by atoms with Crippen molar-refractivity contribution in [2.24, 2.45) is 15.9 Å². The molecule has 0 radical (unpaired) electrons. The Labute approximate surface area is 192 Å². The Hall–Kier alpha value is -2.93. The average molecular weight is 447 g/mol. The Morgan fingerprint density at radius 2 is 1.91 bits per heavy atom. The highest BCUT2D eigenvalue weighted by Gasteiger charge is 2.43. The highest BCUT2D eigenvalue weighted by Crippen LogP contribution is 2.37. The van der Waals surface area contributed by atoms with E-state index in [0.717, 1.165) is 23.4 Å². The van der Waals surface area contributed by atoms with Crippen molar-refractivity contribution in [3.63, 3.8) is 0 Å². The lowest BCUT2D eigenvalue weighted by molar-refractivity contribution is -0.125. The van der Waals surface area contributed by atoms with Crippen molar-refractivity contribution in [1.82, 2.24) is 4.90 Å². The van der Waals surface area contributed by atoms with Crippen LogP contribution in [0.4, 0.5) is 11.4 Å². The Bertz CT molecular complexity index is 1160. The zero-order valence-electron chi connectivity index (χ0n) is 18.5. The van der Waals surface area contributed by atoms with Crippen LogP contribution in [0.2, 0.25) is 0 Å². The summed E-state index contributed by atoms with van der Waals surface area (Å²) < 4.78 is 0. The largest absolute Gasteiger partial charge is 0.311 e. The second kappa shape index (κ2) is 8.20.